The van der Waals surface area contributed by atoms with Crippen LogP contribution in [0.4, 0.5) is 5.69 Å². The van der Waals surface area contributed by atoms with Crippen molar-refractivity contribution >= 4 is 27.6 Å². The lowest BCUT2D eigenvalue weighted by Crippen LogP contribution is -2.12. The zero-order valence-corrected chi connectivity index (χ0v) is 13.5. The van der Waals surface area contributed by atoms with Crippen molar-refractivity contribution in [1.82, 2.24) is 4.57 Å². The molecule has 1 aromatic carbocycles. The van der Waals surface area contributed by atoms with Crippen LogP contribution in [0.3, 0.4) is 0 Å². The highest BCUT2D eigenvalue weighted by atomic mass is 79.9. The first-order valence-corrected chi connectivity index (χ1v) is 6.96. The molecule has 21 heavy (non-hydrogen) atoms. The summed E-state index contributed by atoms with van der Waals surface area (Å²) < 4.78 is 7.35. The Morgan fingerprint density at radius 2 is 2.05 bits per heavy atom. The molecule has 0 unspecified atom stereocenters. The standard InChI is InChI=1S/C15H14BrN3O2/c1-8-5-12(9(2)4-11(8)16)19-7-10(6-17)13(18)14(19)15(20)21-3/h4-5,7H,18H2,1-3H3. The van der Waals surface area contributed by atoms with Crippen LogP contribution in [0.2, 0.25) is 0 Å². The molecule has 0 amide bonds. The van der Waals surface area contributed by atoms with Gasteiger partial charge in [-0.25, -0.2) is 4.79 Å². The number of hydrogen-bond acceptors (Lipinski definition) is 4. The van der Waals surface area contributed by atoms with Crippen molar-refractivity contribution in [3.8, 4) is 11.8 Å². The molecular weight excluding hydrogens is 334 g/mol. The third-order valence-corrected chi connectivity index (χ3v) is 4.13. The normalized spacial score (nSPS) is 10.2. The van der Waals surface area contributed by atoms with Crippen LogP contribution in [-0.2, 0) is 4.74 Å². The molecule has 0 aliphatic rings. The lowest BCUT2D eigenvalue weighted by atomic mass is 10.1. The maximum absolute atomic E-state index is 12.0. The van der Waals surface area contributed by atoms with E-state index in [0.29, 0.717) is 0 Å². The van der Waals surface area contributed by atoms with E-state index in [1.165, 1.54) is 7.11 Å². The quantitative estimate of drug-likeness (QED) is 0.846. The molecule has 0 aliphatic heterocycles. The number of esters is 1. The first-order valence-electron chi connectivity index (χ1n) is 6.17. The molecular formula is C15H14BrN3O2. The Balaban J connectivity index is 2.78. The molecule has 5 nitrogen and oxygen atoms in total. The molecule has 1 heterocycles. The Hall–Kier alpha value is -2.26. The van der Waals surface area contributed by atoms with Crippen molar-refractivity contribution in [2.24, 2.45) is 0 Å². The average molecular weight is 348 g/mol. The highest BCUT2D eigenvalue weighted by Crippen LogP contribution is 2.29. The van der Waals surface area contributed by atoms with Gasteiger partial charge in [-0.2, -0.15) is 5.26 Å². The second-order valence-corrected chi connectivity index (χ2v) is 5.52. The number of carbonyl (C=O) groups is 1. The predicted molar refractivity (Wildman–Crippen MR) is 83.4 cm³/mol. The van der Waals surface area contributed by atoms with Gasteiger partial charge in [0.15, 0.2) is 5.69 Å². The van der Waals surface area contributed by atoms with Gasteiger partial charge in [-0.15, -0.1) is 0 Å². The van der Waals surface area contributed by atoms with Crippen molar-refractivity contribution < 1.29 is 9.53 Å². The van der Waals surface area contributed by atoms with E-state index in [1.807, 2.05) is 32.0 Å². The van der Waals surface area contributed by atoms with Crippen LogP contribution in [0.1, 0.15) is 27.2 Å². The van der Waals surface area contributed by atoms with Crippen LogP contribution >= 0.6 is 15.9 Å². The SMILES string of the molecule is COC(=O)c1c(N)c(C#N)cn1-c1cc(C)c(Br)cc1C. The minimum Gasteiger partial charge on any atom is -0.464 e. The number of aryl methyl sites for hydroxylation is 2. The van der Waals surface area contributed by atoms with E-state index in [9.17, 15) is 4.79 Å². The van der Waals surface area contributed by atoms with Gasteiger partial charge in [0.25, 0.3) is 0 Å². The summed E-state index contributed by atoms with van der Waals surface area (Å²) in [6.45, 7) is 3.87. The summed E-state index contributed by atoms with van der Waals surface area (Å²) in [5.41, 5.74) is 9.17. The van der Waals surface area contributed by atoms with Crippen LogP contribution in [0.25, 0.3) is 5.69 Å². The summed E-state index contributed by atoms with van der Waals surface area (Å²) in [5.74, 6) is -0.575. The molecule has 2 N–H and O–H groups in total. The van der Waals surface area contributed by atoms with Gasteiger partial charge in [0, 0.05) is 16.4 Å². The second-order valence-electron chi connectivity index (χ2n) is 4.67. The summed E-state index contributed by atoms with van der Waals surface area (Å²) in [6, 6.07) is 5.86. The lowest BCUT2D eigenvalue weighted by Gasteiger charge is -2.13. The van der Waals surface area contributed by atoms with E-state index in [4.69, 9.17) is 15.7 Å². The van der Waals surface area contributed by atoms with Gasteiger partial charge in [-0.05, 0) is 37.1 Å². The van der Waals surface area contributed by atoms with Crippen molar-refractivity contribution in [2.45, 2.75) is 13.8 Å². The molecule has 0 radical (unpaired) electrons. The monoisotopic (exact) mass is 347 g/mol. The second kappa shape index (κ2) is 5.62. The molecule has 6 heteroatoms. The summed E-state index contributed by atoms with van der Waals surface area (Å²) in [4.78, 5) is 12.0. The minimum absolute atomic E-state index is 0.129. The highest BCUT2D eigenvalue weighted by molar-refractivity contribution is 9.10. The number of ether oxygens (including phenoxy) is 1. The third kappa shape index (κ3) is 2.52. The average Bonchev–Trinajstić information content (AvgIpc) is 2.78. The van der Waals surface area contributed by atoms with Crippen molar-refractivity contribution in [1.29, 1.82) is 5.26 Å². The topological polar surface area (TPSA) is 81.0 Å². The summed E-state index contributed by atoms with van der Waals surface area (Å²) >= 11 is 3.47. The number of halogens is 1. The maximum Gasteiger partial charge on any atom is 0.357 e. The molecule has 0 aliphatic carbocycles. The van der Waals surface area contributed by atoms with Gasteiger partial charge in [0.1, 0.15) is 6.07 Å². The number of benzene rings is 1. The number of nitrogen functional groups attached to an aromatic ring is 1. The van der Waals surface area contributed by atoms with Gasteiger partial charge in [-0.3, -0.25) is 0 Å². The number of methoxy groups -OCH3 is 1. The number of rotatable bonds is 2. The smallest absolute Gasteiger partial charge is 0.357 e. The zero-order valence-electron chi connectivity index (χ0n) is 11.9. The molecule has 108 valence electrons. The molecule has 2 aromatic rings. The number of carbonyl (C=O) groups excluding carboxylic acids is 1. The van der Waals surface area contributed by atoms with Crippen LogP contribution in [-0.4, -0.2) is 17.6 Å². The summed E-state index contributed by atoms with van der Waals surface area (Å²) in [5, 5.41) is 9.12. The maximum atomic E-state index is 12.0. The molecule has 0 saturated heterocycles. The number of nitriles is 1. The van der Waals surface area contributed by atoms with Gasteiger partial charge in [0.05, 0.1) is 18.4 Å². The molecule has 0 atom stereocenters. The van der Waals surface area contributed by atoms with E-state index in [1.54, 1.807) is 10.8 Å². The predicted octanol–water partition coefficient (Wildman–Crippen LogP) is 3.10. The summed E-state index contributed by atoms with van der Waals surface area (Å²) in [7, 11) is 1.28. The van der Waals surface area contributed by atoms with E-state index in [-0.39, 0.29) is 16.9 Å². The van der Waals surface area contributed by atoms with Gasteiger partial charge in [-0.1, -0.05) is 15.9 Å². The molecule has 0 fully saturated rings. The van der Waals surface area contributed by atoms with Gasteiger partial charge < -0.3 is 15.0 Å². The first-order chi connectivity index (χ1) is 9.90. The molecule has 0 bridgehead atoms. The Morgan fingerprint density at radius 1 is 1.38 bits per heavy atom. The molecule has 0 saturated carbocycles. The molecule has 0 spiro atoms. The van der Waals surface area contributed by atoms with Gasteiger partial charge in [0.2, 0.25) is 0 Å². The van der Waals surface area contributed by atoms with Crippen molar-refractivity contribution in [3.05, 3.63) is 45.2 Å². The molecule has 2 rings (SSSR count). The number of aromatic nitrogens is 1. The minimum atomic E-state index is -0.575. The van der Waals surface area contributed by atoms with Crippen LogP contribution < -0.4 is 5.73 Å². The fourth-order valence-corrected chi connectivity index (χ4v) is 2.59. The Labute approximate surface area is 131 Å². The van der Waals surface area contributed by atoms with E-state index >= 15 is 0 Å². The van der Waals surface area contributed by atoms with Crippen LogP contribution in [0.5, 0.6) is 0 Å². The van der Waals surface area contributed by atoms with E-state index < -0.39 is 5.97 Å². The number of hydrogen-bond donors (Lipinski definition) is 1. The van der Waals surface area contributed by atoms with Crippen molar-refractivity contribution in [3.63, 3.8) is 0 Å². The fourth-order valence-electron chi connectivity index (χ4n) is 2.13. The fraction of sp³-hybridized carbons (Fsp3) is 0.200. The Bertz CT molecular complexity index is 772. The van der Waals surface area contributed by atoms with E-state index in [2.05, 4.69) is 15.9 Å². The third-order valence-electron chi connectivity index (χ3n) is 3.28. The lowest BCUT2D eigenvalue weighted by molar-refractivity contribution is 0.0593. The molecule has 1 aromatic heterocycles. The zero-order chi connectivity index (χ0) is 15.7. The van der Waals surface area contributed by atoms with Crippen LogP contribution in [0.15, 0.2) is 22.8 Å². The number of anilines is 1. The highest BCUT2D eigenvalue weighted by Gasteiger charge is 2.22. The van der Waals surface area contributed by atoms with Crippen molar-refractivity contribution in [2.75, 3.05) is 12.8 Å². The Kier molecular flexibility index (Phi) is 4.05. The largest absolute Gasteiger partial charge is 0.464 e. The first kappa shape index (κ1) is 15.1. The van der Waals surface area contributed by atoms with Gasteiger partial charge >= 0.3 is 5.97 Å². The summed E-state index contributed by atoms with van der Waals surface area (Å²) in [6.07, 6.45) is 1.55. The Morgan fingerprint density at radius 3 is 2.62 bits per heavy atom. The number of nitrogens with two attached hydrogens (primary N) is 1. The van der Waals surface area contributed by atoms with E-state index in [0.717, 1.165) is 21.3 Å². The number of nitrogens with zero attached hydrogens (tertiary/aromatic N) is 2. The van der Waals surface area contributed by atoms with Crippen LogP contribution in [0, 0.1) is 25.2 Å².